The van der Waals surface area contributed by atoms with Crippen molar-refractivity contribution < 1.29 is 9.53 Å². The Balaban J connectivity index is -0.000000410. The first kappa shape index (κ1) is 28.3. The van der Waals surface area contributed by atoms with Crippen LogP contribution in [0.5, 0.6) is 0 Å². The van der Waals surface area contributed by atoms with Crippen LogP contribution >= 0.6 is 0 Å². The van der Waals surface area contributed by atoms with Gasteiger partial charge in [0.2, 0.25) is 0 Å². The summed E-state index contributed by atoms with van der Waals surface area (Å²) < 4.78 is 4.62. The zero-order chi connectivity index (χ0) is 18.7. The minimum Gasteiger partial charge on any atom is -0.468 e. The Morgan fingerprint density at radius 3 is 1.17 bits per heavy atom. The standard InChI is InChI=1S/C13H26O2.C7H16.C2H6/c1-2-3-4-5-6-7-8-9-10-11-12-15-13-14;1-3-5-7-6-4-2;1-2/h13H,2-12H2,1H3;3-7H2,1-2H3;1-2H3. The number of unbranched alkanes of at least 4 members (excludes halogenated alkanes) is 13. The van der Waals surface area contributed by atoms with E-state index in [1.165, 1.54) is 89.9 Å². The second-order valence-corrected chi connectivity index (χ2v) is 6.21. The van der Waals surface area contributed by atoms with Crippen molar-refractivity contribution in [3.8, 4) is 0 Å². The topological polar surface area (TPSA) is 26.3 Å². The predicted octanol–water partition coefficient (Wildman–Crippen LogP) is 8.08. The molecule has 0 fully saturated rings. The molecule has 148 valence electrons. The van der Waals surface area contributed by atoms with Gasteiger partial charge in [-0.1, -0.05) is 125 Å². The molecule has 2 nitrogen and oxygen atoms in total. The Morgan fingerprint density at radius 2 is 0.833 bits per heavy atom. The maximum atomic E-state index is 9.84. The third-order valence-electron chi connectivity index (χ3n) is 3.89. The summed E-state index contributed by atoms with van der Waals surface area (Å²) in [7, 11) is 0. The Hall–Kier alpha value is -0.530. The molecule has 0 N–H and O–H groups in total. The molecule has 0 aromatic heterocycles. The van der Waals surface area contributed by atoms with Gasteiger partial charge < -0.3 is 4.74 Å². The van der Waals surface area contributed by atoms with Crippen molar-refractivity contribution in [1.29, 1.82) is 0 Å². The van der Waals surface area contributed by atoms with Crippen LogP contribution in [0.3, 0.4) is 0 Å². The molecule has 0 atom stereocenters. The Bertz CT molecular complexity index is 177. The van der Waals surface area contributed by atoms with E-state index < -0.39 is 0 Å². The van der Waals surface area contributed by atoms with E-state index >= 15 is 0 Å². The molecule has 0 aromatic carbocycles. The average Bonchev–Trinajstić information content (AvgIpc) is 2.62. The molecule has 0 amide bonds. The van der Waals surface area contributed by atoms with E-state index in [1.807, 2.05) is 13.8 Å². The number of ether oxygens (including phenoxy) is 1. The average molecular weight is 345 g/mol. The van der Waals surface area contributed by atoms with Gasteiger partial charge in [-0.2, -0.15) is 0 Å². The molecule has 0 bridgehead atoms. The predicted molar refractivity (Wildman–Crippen MR) is 110 cm³/mol. The van der Waals surface area contributed by atoms with Crippen molar-refractivity contribution in [2.75, 3.05) is 6.61 Å². The summed E-state index contributed by atoms with van der Waals surface area (Å²) in [4.78, 5) is 9.84. The van der Waals surface area contributed by atoms with E-state index in [2.05, 4.69) is 25.5 Å². The molecule has 0 aliphatic heterocycles. The summed E-state index contributed by atoms with van der Waals surface area (Å²) >= 11 is 0. The normalized spacial score (nSPS) is 9.38. The van der Waals surface area contributed by atoms with E-state index in [9.17, 15) is 4.79 Å². The van der Waals surface area contributed by atoms with E-state index in [-0.39, 0.29) is 0 Å². The van der Waals surface area contributed by atoms with Crippen molar-refractivity contribution in [2.45, 2.75) is 131 Å². The lowest BCUT2D eigenvalue weighted by Crippen LogP contribution is -1.91. The summed E-state index contributed by atoms with van der Waals surface area (Å²) in [5.41, 5.74) is 0. The largest absolute Gasteiger partial charge is 0.468 e. The second-order valence-electron chi connectivity index (χ2n) is 6.21. The number of hydrogen-bond acceptors (Lipinski definition) is 2. The zero-order valence-electron chi connectivity index (χ0n) is 17.7. The van der Waals surface area contributed by atoms with Crippen LogP contribution in [0.25, 0.3) is 0 Å². The molecule has 0 saturated heterocycles. The highest BCUT2D eigenvalue weighted by Crippen LogP contribution is 2.10. The van der Waals surface area contributed by atoms with Gasteiger partial charge in [-0.25, -0.2) is 0 Å². The van der Waals surface area contributed by atoms with Gasteiger partial charge in [-0.05, 0) is 6.42 Å². The summed E-state index contributed by atoms with van der Waals surface area (Å²) in [6.45, 7) is 11.9. The highest BCUT2D eigenvalue weighted by molar-refractivity contribution is 5.36. The van der Waals surface area contributed by atoms with Crippen LogP contribution in [0.15, 0.2) is 0 Å². The summed E-state index contributed by atoms with van der Waals surface area (Å²) in [6, 6.07) is 0. The molecule has 0 saturated carbocycles. The summed E-state index contributed by atoms with van der Waals surface area (Å²) in [6.07, 6.45) is 20.2. The van der Waals surface area contributed by atoms with Gasteiger partial charge in [0.05, 0.1) is 6.61 Å². The molecule has 0 unspecified atom stereocenters. The van der Waals surface area contributed by atoms with Gasteiger partial charge in [-0.15, -0.1) is 0 Å². The molecular formula is C22H48O2. The molecule has 0 spiro atoms. The fourth-order valence-electron chi connectivity index (χ4n) is 2.40. The van der Waals surface area contributed by atoms with Crippen LogP contribution in [-0.4, -0.2) is 13.1 Å². The van der Waals surface area contributed by atoms with E-state index in [1.54, 1.807) is 0 Å². The summed E-state index contributed by atoms with van der Waals surface area (Å²) in [5, 5.41) is 0. The van der Waals surface area contributed by atoms with Gasteiger partial charge in [0.15, 0.2) is 0 Å². The minimum absolute atomic E-state index is 0.535. The molecule has 0 heterocycles. The molecule has 24 heavy (non-hydrogen) atoms. The van der Waals surface area contributed by atoms with Gasteiger partial charge in [0, 0.05) is 0 Å². The number of carbonyl (C=O) groups is 1. The maximum absolute atomic E-state index is 9.84. The van der Waals surface area contributed by atoms with Gasteiger partial charge >= 0.3 is 0 Å². The van der Waals surface area contributed by atoms with Crippen LogP contribution in [0.1, 0.15) is 131 Å². The quantitative estimate of drug-likeness (QED) is 0.209. The van der Waals surface area contributed by atoms with Gasteiger partial charge in [0.1, 0.15) is 0 Å². The molecule has 0 rings (SSSR count). The van der Waals surface area contributed by atoms with Gasteiger partial charge in [-0.3, -0.25) is 4.79 Å². The molecule has 2 heteroatoms. The Labute approximate surface area is 154 Å². The van der Waals surface area contributed by atoms with Crippen LogP contribution < -0.4 is 0 Å². The lowest BCUT2D eigenvalue weighted by molar-refractivity contribution is -0.128. The molecule has 0 aromatic rings. The van der Waals surface area contributed by atoms with E-state index in [4.69, 9.17) is 0 Å². The van der Waals surface area contributed by atoms with Crippen molar-refractivity contribution >= 4 is 6.47 Å². The van der Waals surface area contributed by atoms with Crippen LogP contribution in [0.4, 0.5) is 0 Å². The van der Waals surface area contributed by atoms with Crippen molar-refractivity contribution in [3.63, 3.8) is 0 Å². The second kappa shape index (κ2) is 33.9. The first-order valence-electron chi connectivity index (χ1n) is 10.9. The summed E-state index contributed by atoms with van der Waals surface area (Å²) in [5.74, 6) is 0. The van der Waals surface area contributed by atoms with Crippen molar-refractivity contribution in [2.24, 2.45) is 0 Å². The maximum Gasteiger partial charge on any atom is 0.293 e. The minimum atomic E-state index is 0.535. The number of hydrogen-bond donors (Lipinski definition) is 0. The molecular weight excluding hydrogens is 296 g/mol. The molecule has 0 aliphatic carbocycles. The van der Waals surface area contributed by atoms with E-state index in [0.29, 0.717) is 13.1 Å². The Kier molecular flexibility index (Phi) is 40.0. The fraction of sp³-hybridized carbons (Fsp3) is 0.955. The molecule has 0 radical (unpaired) electrons. The van der Waals surface area contributed by atoms with Gasteiger partial charge in [0.25, 0.3) is 6.47 Å². The Morgan fingerprint density at radius 1 is 0.542 bits per heavy atom. The smallest absolute Gasteiger partial charge is 0.293 e. The van der Waals surface area contributed by atoms with Crippen molar-refractivity contribution in [3.05, 3.63) is 0 Å². The SMILES string of the molecule is CC.CCCCCCC.CCCCCCCCCCCCOC=O. The monoisotopic (exact) mass is 344 g/mol. The molecule has 0 aliphatic rings. The zero-order valence-corrected chi connectivity index (χ0v) is 17.7. The van der Waals surface area contributed by atoms with E-state index in [0.717, 1.165) is 6.42 Å². The first-order chi connectivity index (χ1) is 11.8. The third kappa shape index (κ3) is 37.6. The first-order valence-corrected chi connectivity index (χ1v) is 10.9. The highest BCUT2D eigenvalue weighted by atomic mass is 16.5. The van der Waals surface area contributed by atoms with Crippen LogP contribution in [0.2, 0.25) is 0 Å². The fourth-order valence-corrected chi connectivity index (χ4v) is 2.40. The number of rotatable bonds is 16. The number of carbonyl (C=O) groups excluding carboxylic acids is 1. The van der Waals surface area contributed by atoms with Crippen molar-refractivity contribution in [1.82, 2.24) is 0 Å². The van der Waals surface area contributed by atoms with Crippen LogP contribution in [0, 0.1) is 0 Å². The lowest BCUT2D eigenvalue weighted by atomic mass is 10.1. The third-order valence-corrected chi connectivity index (χ3v) is 3.89. The lowest BCUT2D eigenvalue weighted by Gasteiger charge is -2.01. The van der Waals surface area contributed by atoms with Crippen LogP contribution in [-0.2, 0) is 9.53 Å². The highest BCUT2D eigenvalue weighted by Gasteiger charge is 1.92.